The van der Waals surface area contributed by atoms with Crippen molar-refractivity contribution in [3.8, 4) is 0 Å². The van der Waals surface area contributed by atoms with Crippen molar-refractivity contribution in [2.24, 2.45) is 46.3 Å². The quantitative estimate of drug-likeness (QED) is 0.385. The molecule has 4 N–H and O–H groups in total. The second-order valence-corrected chi connectivity index (χ2v) is 13.7. The highest BCUT2D eigenvalue weighted by Crippen LogP contribution is 2.68. The molecule has 7 nitrogen and oxygen atoms in total. The fourth-order valence-corrected chi connectivity index (χ4v) is 9.72. The summed E-state index contributed by atoms with van der Waals surface area (Å²) in [6.07, 6.45) is 6.16. The number of benzene rings is 1. The van der Waals surface area contributed by atoms with E-state index >= 15 is 0 Å². The molecule has 4 saturated carbocycles. The van der Waals surface area contributed by atoms with Gasteiger partial charge in [0.25, 0.3) is 0 Å². The second-order valence-electron chi connectivity index (χ2n) is 13.7. The number of amides is 1. The van der Waals surface area contributed by atoms with Crippen LogP contribution in [-0.4, -0.2) is 52.6 Å². The van der Waals surface area contributed by atoms with Crippen LogP contribution >= 0.6 is 0 Å². The van der Waals surface area contributed by atoms with Crippen molar-refractivity contribution in [3.05, 3.63) is 29.8 Å². The summed E-state index contributed by atoms with van der Waals surface area (Å²) < 4.78 is 4.72. The molecule has 39 heavy (non-hydrogen) atoms. The maximum Gasteiger partial charge on any atom is 0.337 e. The van der Waals surface area contributed by atoms with Crippen molar-refractivity contribution in [3.63, 3.8) is 0 Å². The number of aliphatic hydroxyl groups is 3. The molecule has 0 heterocycles. The molecule has 7 heteroatoms. The minimum absolute atomic E-state index is 0.0576. The monoisotopic (exact) mass is 541 g/mol. The zero-order chi connectivity index (χ0) is 28.1. The number of rotatable bonds is 6. The number of anilines is 1. The predicted octanol–water partition coefficient (Wildman–Crippen LogP) is 4.79. The fraction of sp³-hybridized carbons (Fsp3) is 0.750. The molecular formula is C32H47NO6. The third kappa shape index (κ3) is 4.93. The number of fused-ring (bicyclic) bond motifs is 5. The van der Waals surface area contributed by atoms with Crippen LogP contribution in [0.5, 0.6) is 0 Å². The second kappa shape index (κ2) is 10.8. The van der Waals surface area contributed by atoms with E-state index in [1.54, 1.807) is 24.3 Å². The zero-order valence-electron chi connectivity index (χ0n) is 23.9. The Balaban J connectivity index is 1.23. The Morgan fingerprint density at radius 2 is 1.74 bits per heavy atom. The van der Waals surface area contributed by atoms with E-state index in [-0.39, 0.29) is 52.6 Å². The van der Waals surface area contributed by atoms with E-state index in [0.717, 1.165) is 51.4 Å². The van der Waals surface area contributed by atoms with Gasteiger partial charge in [0.15, 0.2) is 0 Å². The molecule has 1 aromatic carbocycles. The highest BCUT2D eigenvalue weighted by atomic mass is 16.5. The number of esters is 1. The summed E-state index contributed by atoms with van der Waals surface area (Å²) in [6.45, 7) is 6.83. The lowest BCUT2D eigenvalue weighted by molar-refractivity contribution is -0.207. The smallest absolute Gasteiger partial charge is 0.337 e. The molecule has 0 radical (unpaired) electrons. The molecular weight excluding hydrogens is 494 g/mol. The number of hydrogen-bond acceptors (Lipinski definition) is 6. The molecule has 0 aliphatic heterocycles. The number of aliphatic hydroxyl groups excluding tert-OH is 3. The van der Waals surface area contributed by atoms with Gasteiger partial charge in [0.05, 0.1) is 31.0 Å². The number of methoxy groups -OCH3 is 1. The summed E-state index contributed by atoms with van der Waals surface area (Å²) in [7, 11) is 1.34. The van der Waals surface area contributed by atoms with Gasteiger partial charge in [0.2, 0.25) is 5.91 Å². The van der Waals surface area contributed by atoms with E-state index in [2.05, 4.69) is 26.1 Å². The van der Waals surface area contributed by atoms with Gasteiger partial charge in [-0.15, -0.1) is 0 Å². The number of hydrogen-bond donors (Lipinski definition) is 4. The summed E-state index contributed by atoms with van der Waals surface area (Å²) in [6, 6.07) is 6.69. The first kappa shape index (κ1) is 28.6. The van der Waals surface area contributed by atoms with Crippen molar-refractivity contribution in [2.45, 2.75) is 96.9 Å². The third-order valence-corrected chi connectivity index (χ3v) is 11.9. The van der Waals surface area contributed by atoms with E-state index in [1.807, 2.05) is 0 Å². The summed E-state index contributed by atoms with van der Waals surface area (Å²) >= 11 is 0. The van der Waals surface area contributed by atoms with Crippen molar-refractivity contribution in [1.82, 2.24) is 0 Å². The van der Waals surface area contributed by atoms with Crippen LogP contribution in [0, 0.1) is 46.3 Å². The Morgan fingerprint density at radius 1 is 1.03 bits per heavy atom. The van der Waals surface area contributed by atoms with E-state index in [9.17, 15) is 24.9 Å². The predicted molar refractivity (Wildman–Crippen MR) is 149 cm³/mol. The fourth-order valence-electron chi connectivity index (χ4n) is 9.72. The zero-order valence-corrected chi connectivity index (χ0v) is 23.9. The van der Waals surface area contributed by atoms with Crippen LogP contribution in [0.2, 0.25) is 0 Å². The largest absolute Gasteiger partial charge is 0.465 e. The first-order valence-electron chi connectivity index (χ1n) is 15.0. The number of carbonyl (C=O) groups is 2. The first-order valence-corrected chi connectivity index (χ1v) is 15.0. The Bertz CT molecular complexity index is 1060. The van der Waals surface area contributed by atoms with Gasteiger partial charge >= 0.3 is 5.97 Å². The standard InChI is InChI=1S/C32H47NO6/c1-18(5-12-28(37)33-21-8-6-19(7-9-21)30(38)39-4)23-10-11-24-29-25(17-27(36)32(23,24)3)31(2)14-13-22(34)15-20(31)16-26(29)35/h6-9,18,20,22-27,29,34-36H,5,10-17H2,1-4H3,(H,33,37)/t18-,20-,22-,23+,24-,25-,26-,27+,29+,31+,32-/m1/s1. The average Bonchev–Trinajstić information content (AvgIpc) is 3.27. The van der Waals surface area contributed by atoms with E-state index in [0.29, 0.717) is 29.5 Å². The molecule has 216 valence electrons. The first-order chi connectivity index (χ1) is 18.5. The molecule has 4 fully saturated rings. The third-order valence-electron chi connectivity index (χ3n) is 11.9. The number of ether oxygens (including phenoxy) is 1. The Hall–Kier alpha value is -1.96. The van der Waals surface area contributed by atoms with Crippen LogP contribution in [0.1, 0.15) is 88.9 Å². The van der Waals surface area contributed by atoms with Crippen LogP contribution in [0.3, 0.4) is 0 Å². The van der Waals surface area contributed by atoms with Crippen LogP contribution in [0.25, 0.3) is 0 Å². The molecule has 0 saturated heterocycles. The highest BCUT2D eigenvalue weighted by Gasteiger charge is 2.65. The van der Waals surface area contributed by atoms with Gasteiger partial charge in [-0.1, -0.05) is 20.8 Å². The molecule has 4 aliphatic carbocycles. The lowest BCUT2D eigenvalue weighted by atomic mass is 9.43. The van der Waals surface area contributed by atoms with Gasteiger partial charge in [-0.25, -0.2) is 4.79 Å². The van der Waals surface area contributed by atoms with Crippen LogP contribution in [0.4, 0.5) is 5.69 Å². The maximum atomic E-state index is 12.8. The Kier molecular flexibility index (Phi) is 7.90. The topological polar surface area (TPSA) is 116 Å². The Morgan fingerprint density at radius 3 is 2.44 bits per heavy atom. The lowest BCUT2D eigenvalue weighted by Gasteiger charge is -2.63. The summed E-state index contributed by atoms with van der Waals surface area (Å²) in [5, 5.41) is 36.5. The van der Waals surface area contributed by atoms with Gasteiger partial charge in [-0.3, -0.25) is 4.79 Å². The Labute approximate surface area is 232 Å². The minimum atomic E-state index is -0.421. The van der Waals surface area contributed by atoms with Crippen LogP contribution in [-0.2, 0) is 9.53 Å². The van der Waals surface area contributed by atoms with Crippen molar-refractivity contribution >= 4 is 17.6 Å². The van der Waals surface area contributed by atoms with Crippen molar-refractivity contribution < 1.29 is 29.6 Å². The van der Waals surface area contributed by atoms with Crippen LogP contribution < -0.4 is 5.32 Å². The van der Waals surface area contributed by atoms with E-state index in [1.165, 1.54) is 7.11 Å². The molecule has 0 aromatic heterocycles. The summed E-state index contributed by atoms with van der Waals surface area (Å²) in [4.78, 5) is 24.4. The average molecular weight is 542 g/mol. The highest BCUT2D eigenvalue weighted by molar-refractivity contribution is 5.93. The van der Waals surface area contributed by atoms with Crippen LogP contribution in [0.15, 0.2) is 24.3 Å². The molecule has 5 rings (SSSR count). The molecule has 0 bridgehead atoms. The molecule has 4 aliphatic rings. The van der Waals surface area contributed by atoms with Crippen molar-refractivity contribution in [1.29, 1.82) is 0 Å². The van der Waals surface area contributed by atoms with E-state index < -0.39 is 12.1 Å². The number of nitrogens with one attached hydrogen (secondary N) is 1. The summed E-state index contributed by atoms with van der Waals surface area (Å²) in [5.74, 6) is 1.19. The molecule has 0 spiro atoms. The SMILES string of the molecule is COC(=O)c1ccc(NC(=O)CC[C@@H](C)[C@@H]2CC[C@@H]3[C@@H]4[C@H](O)C[C@H]5C[C@H](O)CC[C@]5(C)[C@@H]4C[C@H](O)[C@@]32C)cc1. The molecule has 1 amide bonds. The number of carbonyl (C=O) groups excluding carboxylic acids is 2. The minimum Gasteiger partial charge on any atom is -0.465 e. The summed E-state index contributed by atoms with van der Waals surface area (Å²) in [5.41, 5.74) is 0.895. The van der Waals surface area contributed by atoms with Gasteiger partial charge in [-0.05, 0) is 122 Å². The lowest BCUT2D eigenvalue weighted by Crippen LogP contribution is -2.62. The molecule has 11 atom stereocenters. The molecule has 1 aromatic rings. The van der Waals surface area contributed by atoms with Gasteiger partial charge < -0.3 is 25.4 Å². The van der Waals surface area contributed by atoms with E-state index in [4.69, 9.17) is 4.74 Å². The van der Waals surface area contributed by atoms with Crippen molar-refractivity contribution in [2.75, 3.05) is 12.4 Å². The maximum absolute atomic E-state index is 12.8. The molecule has 0 unspecified atom stereocenters. The van der Waals surface area contributed by atoms with Gasteiger partial charge in [0.1, 0.15) is 0 Å². The van der Waals surface area contributed by atoms with Gasteiger partial charge in [0, 0.05) is 12.1 Å². The normalized spacial score (nSPS) is 42.0. The van der Waals surface area contributed by atoms with Gasteiger partial charge in [-0.2, -0.15) is 0 Å².